The Morgan fingerprint density at radius 3 is 2.58 bits per heavy atom. The second kappa shape index (κ2) is 9.95. The standard InChI is InChI=1S/C27H30O4/c28-24(17-21(27(29)30)12-8-7-11-19-9-3-1-4-10-19)20-15-16-23-22-13-5-2-6-14-25(22)31-26(23)18-20/h1,3-4,9-10,15-16,18,21H,2,5-8,11-14,17H2,(H,29,30). The fourth-order valence-corrected chi connectivity index (χ4v) is 4.63. The lowest BCUT2D eigenvalue weighted by molar-refractivity contribution is -0.141. The molecule has 0 bridgehead atoms. The van der Waals surface area contributed by atoms with Gasteiger partial charge in [-0.3, -0.25) is 9.59 Å². The normalized spacial score (nSPS) is 14.7. The molecule has 31 heavy (non-hydrogen) atoms. The van der Waals surface area contributed by atoms with Gasteiger partial charge in [0.25, 0.3) is 0 Å². The Hall–Kier alpha value is -2.88. The molecule has 1 aliphatic rings. The molecule has 0 radical (unpaired) electrons. The Kier molecular flexibility index (Phi) is 6.86. The van der Waals surface area contributed by atoms with Gasteiger partial charge < -0.3 is 9.52 Å². The van der Waals surface area contributed by atoms with Crippen LogP contribution in [0.25, 0.3) is 11.0 Å². The average molecular weight is 419 g/mol. The number of hydrogen-bond donors (Lipinski definition) is 1. The number of unbranched alkanes of at least 4 members (excludes halogenated alkanes) is 1. The van der Waals surface area contributed by atoms with Crippen LogP contribution >= 0.6 is 0 Å². The first-order valence-electron chi connectivity index (χ1n) is 11.5. The molecule has 0 amide bonds. The molecule has 4 rings (SSSR count). The topological polar surface area (TPSA) is 67.5 Å². The van der Waals surface area contributed by atoms with Crippen molar-refractivity contribution in [3.63, 3.8) is 0 Å². The molecule has 0 saturated heterocycles. The Labute approximate surface area is 183 Å². The summed E-state index contributed by atoms with van der Waals surface area (Å²) in [5.74, 6) is -0.603. The summed E-state index contributed by atoms with van der Waals surface area (Å²) in [5.41, 5.74) is 3.85. The molecule has 0 spiro atoms. The highest BCUT2D eigenvalue weighted by Crippen LogP contribution is 2.32. The Balaban J connectivity index is 1.38. The number of fused-ring (bicyclic) bond motifs is 3. The predicted octanol–water partition coefficient (Wildman–Crippen LogP) is 6.39. The van der Waals surface area contributed by atoms with Crippen molar-refractivity contribution in [2.45, 2.75) is 64.2 Å². The van der Waals surface area contributed by atoms with Crippen LogP contribution in [-0.2, 0) is 24.1 Å². The lowest BCUT2D eigenvalue weighted by Gasteiger charge is -2.12. The van der Waals surface area contributed by atoms with E-state index in [4.69, 9.17) is 4.42 Å². The number of Topliss-reactive ketones (excluding diaryl/α,β-unsaturated/α-hetero) is 1. The largest absolute Gasteiger partial charge is 0.481 e. The number of carbonyl (C=O) groups excluding carboxylic acids is 1. The van der Waals surface area contributed by atoms with Crippen molar-refractivity contribution in [3.05, 3.63) is 71.0 Å². The Morgan fingerprint density at radius 2 is 1.77 bits per heavy atom. The van der Waals surface area contributed by atoms with Crippen molar-refractivity contribution in [3.8, 4) is 0 Å². The Morgan fingerprint density at radius 1 is 0.968 bits per heavy atom. The molecule has 1 aliphatic carbocycles. The van der Waals surface area contributed by atoms with Gasteiger partial charge in [-0.25, -0.2) is 0 Å². The fourth-order valence-electron chi connectivity index (χ4n) is 4.63. The monoisotopic (exact) mass is 418 g/mol. The summed E-state index contributed by atoms with van der Waals surface area (Å²) in [6.07, 6.45) is 8.73. The molecule has 0 fully saturated rings. The first-order chi connectivity index (χ1) is 15.1. The number of benzene rings is 2. The molecular formula is C27H30O4. The summed E-state index contributed by atoms with van der Waals surface area (Å²) < 4.78 is 6.07. The summed E-state index contributed by atoms with van der Waals surface area (Å²) in [6, 6.07) is 15.8. The number of ketones is 1. The maximum absolute atomic E-state index is 12.9. The van der Waals surface area contributed by atoms with Crippen molar-refractivity contribution in [2.75, 3.05) is 0 Å². The van der Waals surface area contributed by atoms with Crippen LogP contribution in [0.1, 0.15) is 72.2 Å². The first-order valence-corrected chi connectivity index (χ1v) is 11.5. The van der Waals surface area contributed by atoms with Crippen LogP contribution in [-0.4, -0.2) is 16.9 Å². The lowest BCUT2D eigenvalue weighted by atomic mass is 9.92. The van der Waals surface area contributed by atoms with E-state index in [0.717, 1.165) is 55.3 Å². The van der Waals surface area contributed by atoms with Crippen LogP contribution in [0.15, 0.2) is 52.9 Å². The maximum atomic E-state index is 12.9. The van der Waals surface area contributed by atoms with E-state index in [0.29, 0.717) is 12.0 Å². The summed E-state index contributed by atoms with van der Waals surface area (Å²) in [4.78, 5) is 24.6. The minimum absolute atomic E-state index is 0.0343. The molecular weight excluding hydrogens is 388 g/mol. The smallest absolute Gasteiger partial charge is 0.306 e. The third-order valence-corrected chi connectivity index (χ3v) is 6.42. The highest BCUT2D eigenvalue weighted by Gasteiger charge is 2.23. The van der Waals surface area contributed by atoms with E-state index in [2.05, 4.69) is 12.1 Å². The molecule has 0 saturated carbocycles. The zero-order chi connectivity index (χ0) is 21.6. The van der Waals surface area contributed by atoms with Crippen LogP contribution in [0.5, 0.6) is 0 Å². The molecule has 2 aromatic carbocycles. The molecule has 4 heteroatoms. The summed E-state index contributed by atoms with van der Waals surface area (Å²) in [5, 5.41) is 10.7. The van der Waals surface area contributed by atoms with Crippen LogP contribution in [0.2, 0.25) is 0 Å². The van der Waals surface area contributed by atoms with Crippen LogP contribution < -0.4 is 0 Å². The molecule has 4 nitrogen and oxygen atoms in total. The number of carboxylic acid groups (broad SMARTS) is 1. The third-order valence-electron chi connectivity index (χ3n) is 6.42. The SMILES string of the molecule is O=C(CC(CCCCc1ccccc1)C(=O)O)c1ccc2c3c(oc2c1)CCCCC3. The van der Waals surface area contributed by atoms with Crippen molar-refractivity contribution in [1.82, 2.24) is 0 Å². The van der Waals surface area contributed by atoms with Gasteiger partial charge in [-0.1, -0.05) is 55.3 Å². The molecule has 1 atom stereocenters. The summed E-state index contributed by atoms with van der Waals surface area (Å²) >= 11 is 0. The third kappa shape index (κ3) is 5.25. The zero-order valence-electron chi connectivity index (χ0n) is 17.9. The number of aryl methyl sites for hydroxylation is 3. The minimum Gasteiger partial charge on any atom is -0.481 e. The summed E-state index contributed by atoms with van der Waals surface area (Å²) in [7, 11) is 0. The van der Waals surface area contributed by atoms with Gasteiger partial charge in [0.15, 0.2) is 5.78 Å². The summed E-state index contributed by atoms with van der Waals surface area (Å²) in [6.45, 7) is 0. The highest BCUT2D eigenvalue weighted by atomic mass is 16.4. The zero-order valence-corrected chi connectivity index (χ0v) is 17.9. The van der Waals surface area contributed by atoms with Crippen molar-refractivity contribution >= 4 is 22.7 Å². The average Bonchev–Trinajstić information content (AvgIpc) is 2.95. The van der Waals surface area contributed by atoms with E-state index in [1.165, 1.54) is 24.0 Å². The fraction of sp³-hybridized carbons (Fsp3) is 0.407. The minimum atomic E-state index is -0.890. The van der Waals surface area contributed by atoms with Gasteiger partial charge in [0, 0.05) is 29.4 Å². The van der Waals surface area contributed by atoms with E-state index in [1.807, 2.05) is 30.3 Å². The number of carboxylic acids is 1. The molecule has 1 aromatic heterocycles. The molecule has 3 aromatic rings. The molecule has 1 heterocycles. The van der Waals surface area contributed by atoms with E-state index in [-0.39, 0.29) is 12.2 Å². The van der Waals surface area contributed by atoms with Crippen molar-refractivity contribution in [1.29, 1.82) is 0 Å². The van der Waals surface area contributed by atoms with Crippen molar-refractivity contribution in [2.24, 2.45) is 5.92 Å². The van der Waals surface area contributed by atoms with Crippen LogP contribution in [0.3, 0.4) is 0 Å². The highest BCUT2D eigenvalue weighted by molar-refractivity contribution is 6.01. The number of rotatable bonds is 9. The maximum Gasteiger partial charge on any atom is 0.306 e. The van der Waals surface area contributed by atoms with E-state index < -0.39 is 11.9 Å². The van der Waals surface area contributed by atoms with E-state index in [9.17, 15) is 14.7 Å². The number of carbonyl (C=O) groups is 2. The lowest BCUT2D eigenvalue weighted by Crippen LogP contribution is -2.18. The number of aliphatic carboxylic acids is 1. The molecule has 1 N–H and O–H groups in total. The molecule has 162 valence electrons. The number of hydrogen-bond acceptors (Lipinski definition) is 3. The van der Waals surface area contributed by atoms with Gasteiger partial charge in [-0.05, 0) is 50.2 Å². The second-order valence-corrected chi connectivity index (χ2v) is 8.67. The van der Waals surface area contributed by atoms with E-state index >= 15 is 0 Å². The van der Waals surface area contributed by atoms with Crippen molar-refractivity contribution < 1.29 is 19.1 Å². The van der Waals surface area contributed by atoms with Gasteiger partial charge in [0.05, 0.1) is 5.92 Å². The molecule has 0 aliphatic heterocycles. The van der Waals surface area contributed by atoms with Gasteiger partial charge in [0.2, 0.25) is 0 Å². The van der Waals surface area contributed by atoms with Gasteiger partial charge in [-0.15, -0.1) is 0 Å². The van der Waals surface area contributed by atoms with Crippen LogP contribution in [0.4, 0.5) is 0 Å². The molecule has 1 unspecified atom stereocenters. The van der Waals surface area contributed by atoms with Crippen LogP contribution in [0, 0.1) is 5.92 Å². The second-order valence-electron chi connectivity index (χ2n) is 8.67. The predicted molar refractivity (Wildman–Crippen MR) is 122 cm³/mol. The van der Waals surface area contributed by atoms with Gasteiger partial charge in [0.1, 0.15) is 11.3 Å². The van der Waals surface area contributed by atoms with Gasteiger partial charge >= 0.3 is 5.97 Å². The number of furan rings is 1. The first kappa shape index (κ1) is 21.4. The quantitative estimate of drug-likeness (QED) is 0.248. The Bertz CT molecular complexity index is 1050. The van der Waals surface area contributed by atoms with Gasteiger partial charge in [-0.2, -0.15) is 0 Å². The van der Waals surface area contributed by atoms with E-state index in [1.54, 1.807) is 6.07 Å².